The number of nitrogens with two attached hydrogens (primary N) is 1. The second-order valence-electron chi connectivity index (χ2n) is 5.75. The van der Waals surface area contributed by atoms with E-state index in [1.54, 1.807) is 0 Å². The number of carbonyl (C=O) groups excluding carboxylic acids is 1. The standard InChI is InChI=1S/C13H22N4O/c1-13(9-14,10-2-3-10)16-12(18)8-17-6-4-11(15)5-7-17/h10-11H,2-8,15H2,1H3,(H,16,18). The topological polar surface area (TPSA) is 82.2 Å². The summed E-state index contributed by atoms with van der Waals surface area (Å²) in [4.78, 5) is 14.1. The number of carbonyl (C=O) groups is 1. The van der Waals surface area contributed by atoms with Gasteiger partial charge >= 0.3 is 0 Å². The van der Waals surface area contributed by atoms with Gasteiger partial charge < -0.3 is 11.1 Å². The van der Waals surface area contributed by atoms with E-state index in [0.29, 0.717) is 12.5 Å². The third kappa shape index (κ3) is 3.21. The molecular weight excluding hydrogens is 228 g/mol. The third-order valence-corrected chi connectivity index (χ3v) is 4.02. The number of nitriles is 1. The van der Waals surface area contributed by atoms with Crippen molar-refractivity contribution in [2.45, 2.75) is 44.2 Å². The number of hydrogen-bond acceptors (Lipinski definition) is 4. The second-order valence-corrected chi connectivity index (χ2v) is 5.75. The number of likely N-dealkylation sites (tertiary alicyclic amines) is 1. The Hall–Kier alpha value is -1.12. The Kier molecular flexibility index (Phi) is 3.88. The normalized spacial score (nSPS) is 25.2. The fourth-order valence-corrected chi connectivity index (χ4v) is 2.53. The summed E-state index contributed by atoms with van der Waals surface area (Å²) in [6.45, 7) is 3.97. The van der Waals surface area contributed by atoms with E-state index in [1.165, 1.54) is 0 Å². The summed E-state index contributed by atoms with van der Waals surface area (Å²) < 4.78 is 0. The number of nitrogens with zero attached hydrogens (tertiary/aromatic N) is 2. The van der Waals surface area contributed by atoms with Crippen molar-refractivity contribution in [3.05, 3.63) is 0 Å². The Labute approximate surface area is 108 Å². The quantitative estimate of drug-likeness (QED) is 0.747. The van der Waals surface area contributed by atoms with Gasteiger partial charge in [-0.05, 0) is 38.5 Å². The molecule has 1 saturated heterocycles. The zero-order chi connectivity index (χ0) is 13.2. The minimum Gasteiger partial charge on any atom is -0.337 e. The monoisotopic (exact) mass is 250 g/mol. The summed E-state index contributed by atoms with van der Waals surface area (Å²) in [5.41, 5.74) is 5.15. The first-order valence-electron chi connectivity index (χ1n) is 6.73. The molecule has 100 valence electrons. The molecule has 3 N–H and O–H groups in total. The SMILES string of the molecule is CC(C#N)(NC(=O)CN1CCC(N)CC1)C1CC1. The van der Waals surface area contributed by atoms with Crippen LogP contribution in [-0.4, -0.2) is 42.0 Å². The summed E-state index contributed by atoms with van der Waals surface area (Å²) in [5.74, 6) is 0.294. The van der Waals surface area contributed by atoms with Crippen molar-refractivity contribution < 1.29 is 4.79 Å². The van der Waals surface area contributed by atoms with Crippen LogP contribution in [0.2, 0.25) is 0 Å². The number of rotatable bonds is 4. The molecule has 0 spiro atoms. The van der Waals surface area contributed by atoms with Gasteiger partial charge in [0.05, 0.1) is 12.6 Å². The smallest absolute Gasteiger partial charge is 0.235 e. The van der Waals surface area contributed by atoms with Crippen molar-refractivity contribution in [2.24, 2.45) is 11.7 Å². The van der Waals surface area contributed by atoms with Gasteiger partial charge in [-0.15, -0.1) is 0 Å². The van der Waals surface area contributed by atoms with Gasteiger partial charge in [-0.1, -0.05) is 0 Å². The highest BCUT2D eigenvalue weighted by Crippen LogP contribution is 2.39. The van der Waals surface area contributed by atoms with E-state index in [4.69, 9.17) is 5.73 Å². The van der Waals surface area contributed by atoms with Crippen LogP contribution in [0.1, 0.15) is 32.6 Å². The lowest BCUT2D eigenvalue weighted by Gasteiger charge is -2.31. The first-order valence-corrected chi connectivity index (χ1v) is 6.73. The van der Waals surface area contributed by atoms with Crippen LogP contribution in [0.4, 0.5) is 0 Å². The fraction of sp³-hybridized carbons (Fsp3) is 0.846. The van der Waals surface area contributed by atoms with E-state index in [1.807, 2.05) is 6.92 Å². The number of nitrogens with one attached hydrogen (secondary N) is 1. The predicted molar refractivity (Wildman–Crippen MR) is 68.5 cm³/mol. The summed E-state index contributed by atoms with van der Waals surface area (Å²) in [6, 6.07) is 2.52. The third-order valence-electron chi connectivity index (χ3n) is 4.02. The van der Waals surface area contributed by atoms with Crippen molar-refractivity contribution in [3.8, 4) is 6.07 Å². The molecule has 5 heteroatoms. The van der Waals surface area contributed by atoms with E-state index in [9.17, 15) is 10.1 Å². The summed E-state index contributed by atoms with van der Waals surface area (Å²) >= 11 is 0. The highest BCUT2D eigenvalue weighted by atomic mass is 16.2. The molecule has 0 bridgehead atoms. The van der Waals surface area contributed by atoms with Crippen LogP contribution in [0.3, 0.4) is 0 Å². The first-order chi connectivity index (χ1) is 8.53. The van der Waals surface area contributed by atoms with Crippen molar-refractivity contribution >= 4 is 5.91 Å². The Morgan fingerprint density at radius 1 is 1.44 bits per heavy atom. The van der Waals surface area contributed by atoms with Gasteiger partial charge in [0, 0.05) is 19.1 Å². The zero-order valence-corrected chi connectivity index (χ0v) is 11.0. The van der Waals surface area contributed by atoms with Crippen LogP contribution in [-0.2, 0) is 4.79 Å². The van der Waals surface area contributed by atoms with Crippen LogP contribution < -0.4 is 11.1 Å². The minimum atomic E-state index is -0.677. The molecule has 0 aromatic carbocycles. The van der Waals surface area contributed by atoms with Gasteiger partial charge in [0.15, 0.2) is 0 Å². The molecule has 2 aliphatic rings. The molecule has 0 radical (unpaired) electrons. The van der Waals surface area contributed by atoms with Crippen molar-refractivity contribution in [1.29, 1.82) is 5.26 Å². The van der Waals surface area contributed by atoms with E-state index >= 15 is 0 Å². The first kappa shape index (κ1) is 13.3. The lowest BCUT2D eigenvalue weighted by molar-refractivity contribution is -0.123. The van der Waals surface area contributed by atoms with Gasteiger partial charge in [-0.3, -0.25) is 9.69 Å². The van der Waals surface area contributed by atoms with Gasteiger partial charge in [0.1, 0.15) is 5.54 Å². The maximum absolute atomic E-state index is 12.0. The Morgan fingerprint density at radius 3 is 2.56 bits per heavy atom. The predicted octanol–water partition coefficient (Wildman–Crippen LogP) is 0.218. The summed E-state index contributed by atoms with van der Waals surface area (Å²) in [5, 5.41) is 12.1. The molecule has 2 fully saturated rings. The zero-order valence-electron chi connectivity index (χ0n) is 11.0. The van der Waals surface area contributed by atoms with Gasteiger partial charge in [0.2, 0.25) is 5.91 Å². The average molecular weight is 250 g/mol. The molecule has 1 heterocycles. The lowest BCUT2D eigenvalue weighted by atomic mass is 9.98. The van der Waals surface area contributed by atoms with Crippen molar-refractivity contribution in [2.75, 3.05) is 19.6 Å². The highest BCUT2D eigenvalue weighted by molar-refractivity contribution is 5.79. The van der Waals surface area contributed by atoms with Crippen molar-refractivity contribution in [1.82, 2.24) is 10.2 Å². The molecule has 5 nitrogen and oxygen atoms in total. The molecule has 1 unspecified atom stereocenters. The van der Waals surface area contributed by atoms with E-state index in [0.717, 1.165) is 38.8 Å². The average Bonchev–Trinajstić information content (AvgIpc) is 3.16. The molecule has 2 rings (SSSR count). The molecule has 1 aliphatic heterocycles. The van der Waals surface area contributed by atoms with Crippen molar-refractivity contribution in [3.63, 3.8) is 0 Å². The van der Waals surface area contributed by atoms with E-state index in [-0.39, 0.29) is 11.9 Å². The molecule has 0 aromatic heterocycles. The van der Waals surface area contributed by atoms with Crippen LogP contribution in [0, 0.1) is 17.2 Å². The highest BCUT2D eigenvalue weighted by Gasteiger charge is 2.43. The maximum Gasteiger partial charge on any atom is 0.235 e. The Morgan fingerprint density at radius 2 is 2.06 bits per heavy atom. The molecule has 1 amide bonds. The maximum atomic E-state index is 12.0. The molecule has 1 atom stereocenters. The molecule has 0 aromatic rings. The van der Waals surface area contributed by atoms with Crippen LogP contribution in [0.5, 0.6) is 0 Å². The van der Waals surface area contributed by atoms with Crippen LogP contribution in [0.15, 0.2) is 0 Å². The Balaban J connectivity index is 1.80. The van der Waals surface area contributed by atoms with Crippen LogP contribution >= 0.6 is 0 Å². The largest absolute Gasteiger partial charge is 0.337 e. The molecular formula is C13H22N4O. The molecule has 1 aliphatic carbocycles. The number of amides is 1. The van der Waals surface area contributed by atoms with Gasteiger partial charge in [-0.2, -0.15) is 5.26 Å². The molecule has 1 saturated carbocycles. The Bertz CT molecular complexity index is 352. The van der Waals surface area contributed by atoms with E-state index < -0.39 is 5.54 Å². The summed E-state index contributed by atoms with van der Waals surface area (Å²) in [6.07, 6.45) is 3.99. The van der Waals surface area contributed by atoms with Crippen LogP contribution in [0.25, 0.3) is 0 Å². The molecule has 18 heavy (non-hydrogen) atoms. The number of piperidine rings is 1. The second kappa shape index (κ2) is 5.25. The minimum absolute atomic E-state index is 0.0404. The van der Waals surface area contributed by atoms with Gasteiger partial charge in [0.25, 0.3) is 0 Å². The van der Waals surface area contributed by atoms with Gasteiger partial charge in [-0.25, -0.2) is 0 Å². The summed E-state index contributed by atoms with van der Waals surface area (Å²) in [7, 11) is 0. The number of hydrogen-bond donors (Lipinski definition) is 2. The fourth-order valence-electron chi connectivity index (χ4n) is 2.53. The lowest BCUT2D eigenvalue weighted by Crippen LogP contribution is -2.51. The van der Waals surface area contributed by atoms with E-state index in [2.05, 4.69) is 16.3 Å².